The summed E-state index contributed by atoms with van der Waals surface area (Å²) < 4.78 is 0. The van der Waals surface area contributed by atoms with Crippen molar-refractivity contribution in [1.29, 1.82) is 0 Å². The molecular weight excluding hydrogens is 195 g/mol. The topological polar surface area (TPSA) is 38.7 Å². The number of hydrogen-bond donors (Lipinski definition) is 0. The fourth-order valence-electron chi connectivity index (χ4n) is 0.149. The minimum absolute atomic E-state index is 0. The van der Waals surface area contributed by atoms with Gasteiger partial charge in [0.1, 0.15) is 0 Å². The van der Waals surface area contributed by atoms with Crippen molar-refractivity contribution in [1.82, 2.24) is 15.4 Å². The van der Waals surface area contributed by atoms with Crippen LogP contribution in [0.3, 0.4) is 0 Å². The van der Waals surface area contributed by atoms with Gasteiger partial charge in [-0.05, 0) is 0 Å². The first-order valence-corrected chi connectivity index (χ1v) is 1.25. The Balaban J connectivity index is 0. The van der Waals surface area contributed by atoms with E-state index >= 15 is 0 Å². The van der Waals surface area contributed by atoms with Gasteiger partial charge in [-0.25, -0.2) is 6.20 Å². The van der Waals surface area contributed by atoms with Crippen LogP contribution < -0.4 is 0 Å². The van der Waals surface area contributed by atoms with Crippen molar-refractivity contribution in [3.05, 3.63) is 12.4 Å². The molecule has 39 valence electrons. The largest absolute Gasteiger partial charge is 0.325 e. The minimum Gasteiger partial charge on any atom is -0.325 e. The second-order valence-electron chi connectivity index (χ2n) is 0.619. The average molecular weight is 197 g/mol. The van der Waals surface area contributed by atoms with E-state index < -0.39 is 0 Å². The maximum Gasteiger partial charge on any atom is 0 e. The average Bonchev–Trinajstić information content (AvgIpc) is 1.76. The van der Waals surface area contributed by atoms with E-state index in [4.69, 9.17) is 0 Å². The summed E-state index contributed by atoms with van der Waals surface area (Å²) in [5.41, 5.74) is 0. The Morgan fingerprint density at radius 1 is 1.43 bits per heavy atom. The van der Waals surface area contributed by atoms with Crippen molar-refractivity contribution in [3.8, 4) is 0 Å². The maximum atomic E-state index is 3.36. The Hall–Kier alpha value is 0.283. The van der Waals surface area contributed by atoms with Crippen LogP contribution in [-0.4, -0.2) is 15.4 Å². The van der Waals surface area contributed by atoms with Crippen molar-refractivity contribution >= 4 is 0 Å². The summed E-state index contributed by atoms with van der Waals surface area (Å²) in [7, 11) is 0. The molecule has 0 bridgehead atoms. The standard InChI is InChI=1S/C2H2N3.Cu.Zn/c1-2-4-5-3-1;;/h1-2H;;/q-1;;. The van der Waals surface area contributed by atoms with Crippen LogP contribution in [0, 0.1) is 0 Å². The monoisotopic (exact) mass is 195 g/mol. The summed E-state index contributed by atoms with van der Waals surface area (Å²) in [5.74, 6) is 0. The SMILES string of the molecule is [Cu].[Zn].c1[cH-]nnn1. The molecule has 0 fully saturated rings. The quantitative estimate of drug-likeness (QED) is 0.419. The Bertz CT molecular complexity index is 69.4. The van der Waals surface area contributed by atoms with Gasteiger partial charge in [0.15, 0.2) is 0 Å². The zero-order valence-electron chi connectivity index (χ0n) is 3.50. The van der Waals surface area contributed by atoms with Crippen LogP contribution in [0.1, 0.15) is 0 Å². The molecule has 5 heteroatoms. The van der Waals surface area contributed by atoms with Gasteiger partial charge in [-0.1, -0.05) is 11.4 Å². The van der Waals surface area contributed by atoms with Gasteiger partial charge in [-0.3, -0.25) is 0 Å². The maximum absolute atomic E-state index is 3.36. The van der Waals surface area contributed by atoms with E-state index in [-0.39, 0.29) is 36.5 Å². The predicted molar refractivity (Wildman–Crippen MR) is 15.4 cm³/mol. The summed E-state index contributed by atoms with van der Waals surface area (Å²) in [6.45, 7) is 0. The normalized spacial score (nSPS) is 5.71. The summed E-state index contributed by atoms with van der Waals surface area (Å²) in [4.78, 5) is 0. The summed E-state index contributed by atoms with van der Waals surface area (Å²) in [5, 5.41) is 9.94. The van der Waals surface area contributed by atoms with Crippen LogP contribution in [0.2, 0.25) is 0 Å². The molecule has 7 heavy (non-hydrogen) atoms. The van der Waals surface area contributed by atoms with E-state index in [1.807, 2.05) is 0 Å². The van der Waals surface area contributed by atoms with E-state index in [0.29, 0.717) is 0 Å². The summed E-state index contributed by atoms with van der Waals surface area (Å²) in [6.07, 6.45) is 3.06. The van der Waals surface area contributed by atoms with Crippen LogP contribution >= 0.6 is 0 Å². The molecule has 0 aliphatic rings. The number of hydrogen-bond acceptors (Lipinski definition) is 3. The third-order valence-corrected chi connectivity index (χ3v) is 0.303. The molecule has 1 radical (unpaired) electrons. The first-order valence-electron chi connectivity index (χ1n) is 1.25. The van der Waals surface area contributed by atoms with Gasteiger partial charge in [-0.15, -0.1) is 0 Å². The third-order valence-electron chi connectivity index (χ3n) is 0.303. The van der Waals surface area contributed by atoms with Crippen LogP contribution in [0.4, 0.5) is 0 Å². The molecule has 0 aliphatic heterocycles. The summed E-state index contributed by atoms with van der Waals surface area (Å²) >= 11 is 0. The fourth-order valence-corrected chi connectivity index (χ4v) is 0.149. The van der Waals surface area contributed by atoms with E-state index in [1.165, 1.54) is 12.4 Å². The Morgan fingerprint density at radius 3 is 2.29 bits per heavy atom. The smallest absolute Gasteiger partial charge is 0 e. The molecule has 0 saturated heterocycles. The van der Waals surface area contributed by atoms with E-state index in [0.717, 1.165) is 0 Å². The zero-order chi connectivity index (χ0) is 3.54. The minimum atomic E-state index is 0. The molecule has 3 nitrogen and oxygen atoms in total. The van der Waals surface area contributed by atoms with Crippen molar-refractivity contribution in [3.63, 3.8) is 0 Å². The van der Waals surface area contributed by atoms with Gasteiger partial charge >= 0.3 is 0 Å². The van der Waals surface area contributed by atoms with Gasteiger partial charge in [0, 0.05) is 36.5 Å². The Kier molecular flexibility index (Phi) is 9.25. The molecule has 0 atom stereocenters. The van der Waals surface area contributed by atoms with Crippen molar-refractivity contribution < 1.29 is 36.5 Å². The van der Waals surface area contributed by atoms with E-state index in [2.05, 4.69) is 15.4 Å². The molecule has 0 aromatic carbocycles. The van der Waals surface area contributed by atoms with Crippen LogP contribution in [0.25, 0.3) is 0 Å². The van der Waals surface area contributed by atoms with Crippen LogP contribution in [0.5, 0.6) is 0 Å². The molecule has 0 amide bonds. The molecule has 0 aliphatic carbocycles. The van der Waals surface area contributed by atoms with Gasteiger partial charge in [0.25, 0.3) is 0 Å². The van der Waals surface area contributed by atoms with Crippen LogP contribution in [0.15, 0.2) is 12.4 Å². The number of nitrogens with zero attached hydrogens (tertiary/aromatic N) is 3. The predicted octanol–water partition coefficient (Wildman–Crippen LogP) is -0.415. The van der Waals surface area contributed by atoms with E-state index in [9.17, 15) is 0 Å². The van der Waals surface area contributed by atoms with Gasteiger partial charge < -0.3 is 5.10 Å². The summed E-state index contributed by atoms with van der Waals surface area (Å²) in [6, 6.07) is 0. The van der Waals surface area contributed by atoms with Gasteiger partial charge in [0.05, 0.1) is 0 Å². The molecule has 0 N–H and O–H groups in total. The molecule has 1 rings (SSSR count). The molecule has 0 unspecified atom stereocenters. The fraction of sp³-hybridized carbons (Fsp3) is 0. The second kappa shape index (κ2) is 6.28. The molecule has 1 heterocycles. The van der Waals surface area contributed by atoms with E-state index in [1.54, 1.807) is 0 Å². The zero-order valence-corrected chi connectivity index (χ0v) is 7.41. The number of rotatable bonds is 0. The van der Waals surface area contributed by atoms with Gasteiger partial charge in [-0.2, -0.15) is 5.10 Å². The molecule has 1 aromatic rings. The molecule has 0 spiro atoms. The molecular formula is C2H2CuN3Zn-. The first-order chi connectivity index (χ1) is 2.50. The van der Waals surface area contributed by atoms with Crippen molar-refractivity contribution in [2.75, 3.05) is 0 Å². The second-order valence-corrected chi connectivity index (χ2v) is 0.619. The van der Waals surface area contributed by atoms with Crippen LogP contribution in [-0.2, 0) is 36.5 Å². The Labute approximate surface area is 64.5 Å². The Morgan fingerprint density at radius 2 is 2.14 bits per heavy atom. The van der Waals surface area contributed by atoms with Crippen molar-refractivity contribution in [2.24, 2.45) is 0 Å². The van der Waals surface area contributed by atoms with Gasteiger partial charge in [0.2, 0.25) is 0 Å². The molecule has 1 aromatic heterocycles. The number of aromatic nitrogens is 3. The van der Waals surface area contributed by atoms with Crippen molar-refractivity contribution in [2.45, 2.75) is 0 Å². The third kappa shape index (κ3) is 4.13. The molecule has 0 saturated carbocycles. The first kappa shape index (κ1) is 10.3.